The van der Waals surface area contributed by atoms with E-state index in [2.05, 4.69) is 5.32 Å². The van der Waals surface area contributed by atoms with Gasteiger partial charge >= 0.3 is 5.97 Å². The Labute approximate surface area is 180 Å². The average Bonchev–Trinajstić information content (AvgIpc) is 2.90. The number of hydrogen-bond acceptors (Lipinski definition) is 5. The minimum atomic E-state index is -1.14. The van der Waals surface area contributed by atoms with E-state index in [4.69, 9.17) is 11.6 Å². The molecule has 4 atom stereocenters. The van der Waals surface area contributed by atoms with Crippen LogP contribution < -0.4 is 5.32 Å². The number of fused-ring (bicyclic) bond motifs is 1. The standard InChI is InChI=1S/C21H26ClN3O5/c1-11-14(18(21(29)30)25-17(11)16(12(2)26)20(25)28)10-24(3)9-8-23-19(27)13-6-4-5-7-15(13)22/h4-7,11-12,16-17,26H,8-10H2,1-3H3,(H,23,27)(H,29,30)/t11-,12+,16+,17+/m0/s1. The van der Waals surface area contributed by atoms with Crippen molar-refractivity contribution in [2.75, 3.05) is 26.7 Å². The number of β-lactam (4-membered cyclic amide) rings is 1. The van der Waals surface area contributed by atoms with Crippen molar-refractivity contribution in [2.24, 2.45) is 11.8 Å². The summed E-state index contributed by atoms with van der Waals surface area (Å²) in [5.41, 5.74) is 1.07. The first-order chi connectivity index (χ1) is 14.1. The first-order valence-corrected chi connectivity index (χ1v) is 10.2. The molecule has 1 aromatic carbocycles. The molecule has 9 heteroatoms. The summed E-state index contributed by atoms with van der Waals surface area (Å²) in [7, 11) is 1.82. The van der Waals surface area contributed by atoms with Crippen LogP contribution in [0.5, 0.6) is 0 Å². The van der Waals surface area contributed by atoms with Gasteiger partial charge in [-0.2, -0.15) is 0 Å². The molecule has 30 heavy (non-hydrogen) atoms. The van der Waals surface area contributed by atoms with Crippen molar-refractivity contribution in [3.05, 3.63) is 46.1 Å². The van der Waals surface area contributed by atoms with Crippen molar-refractivity contribution in [1.82, 2.24) is 15.1 Å². The van der Waals surface area contributed by atoms with Crippen molar-refractivity contribution < 1.29 is 24.6 Å². The van der Waals surface area contributed by atoms with Crippen molar-refractivity contribution in [3.8, 4) is 0 Å². The molecule has 3 rings (SSSR count). The first-order valence-electron chi connectivity index (χ1n) is 9.83. The van der Waals surface area contributed by atoms with Crippen LogP contribution in [0.4, 0.5) is 0 Å². The van der Waals surface area contributed by atoms with E-state index in [-0.39, 0.29) is 29.5 Å². The Morgan fingerprint density at radius 1 is 1.33 bits per heavy atom. The van der Waals surface area contributed by atoms with Gasteiger partial charge in [0, 0.05) is 25.6 Å². The molecule has 1 aromatic rings. The van der Waals surface area contributed by atoms with Gasteiger partial charge in [-0.1, -0.05) is 30.7 Å². The fourth-order valence-electron chi connectivity index (χ4n) is 4.32. The van der Waals surface area contributed by atoms with Gasteiger partial charge in [0.15, 0.2) is 0 Å². The summed E-state index contributed by atoms with van der Waals surface area (Å²) in [6.45, 7) is 4.62. The summed E-state index contributed by atoms with van der Waals surface area (Å²) in [6, 6.07) is 6.45. The molecule has 0 bridgehead atoms. The molecule has 0 radical (unpaired) electrons. The smallest absolute Gasteiger partial charge is 0.352 e. The van der Waals surface area contributed by atoms with Crippen LogP contribution in [0, 0.1) is 11.8 Å². The second kappa shape index (κ2) is 8.75. The van der Waals surface area contributed by atoms with Gasteiger partial charge in [-0.3, -0.25) is 9.59 Å². The average molecular weight is 436 g/mol. The maximum absolute atomic E-state index is 12.4. The van der Waals surface area contributed by atoms with Crippen LogP contribution in [-0.4, -0.2) is 76.6 Å². The molecule has 0 aliphatic carbocycles. The molecular weight excluding hydrogens is 410 g/mol. The molecule has 3 N–H and O–H groups in total. The van der Waals surface area contributed by atoms with Gasteiger partial charge in [-0.25, -0.2) is 4.79 Å². The lowest BCUT2D eigenvalue weighted by molar-refractivity contribution is -0.163. The van der Waals surface area contributed by atoms with E-state index in [9.17, 15) is 24.6 Å². The monoisotopic (exact) mass is 435 g/mol. The van der Waals surface area contributed by atoms with Crippen molar-refractivity contribution >= 4 is 29.4 Å². The lowest BCUT2D eigenvalue weighted by Gasteiger charge is -2.46. The van der Waals surface area contributed by atoms with Crippen LogP contribution in [0.15, 0.2) is 35.5 Å². The minimum Gasteiger partial charge on any atom is -0.477 e. The third-order valence-corrected chi connectivity index (χ3v) is 6.19. The molecule has 0 unspecified atom stereocenters. The Balaban J connectivity index is 1.62. The van der Waals surface area contributed by atoms with E-state index >= 15 is 0 Å². The Bertz CT molecular complexity index is 900. The predicted molar refractivity (Wildman–Crippen MR) is 111 cm³/mol. The van der Waals surface area contributed by atoms with Gasteiger partial charge in [0.1, 0.15) is 5.70 Å². The van der Waals surface area contributed by atoms with Gasteiger partial charge in [-0.05, 0) is 31.7 Å². The van der Waals surface area contributed by atoms with Crippen LogP contribution in [0.2, 0.25) is 5.02 Å². The molecule has 1 fully saturated rings. The number of amides is 2. The number of carboxylic acids is 1. The zero-order valence-corrected chi connectivity index (χ0v) is 17.9. The van der Waals surface area contributed by atoms with Gasteiger partial charge in [0.25, 0.3) is 5.91 Å². The van der Waals surface area contributed by atoms with Gasteiger partial charge in [0.2, 0.25) is 5.91 Å². The number of aliphatic hydroxyl groups is 1. The Morgan fingerprint density at radius 3 is 2.60 bits per heavy atom. The number of likely N-dealkylation sites (N-methyl/N-ethyl adjacent to an activating group) is 1. The van der Waals surface area contributed by atoms with E-state index in [1.165, 1.54) is 4.90 Å². The van der Waals surface area contributed by atoms with E-state index in [0.29, 0.717) is 35.8 Å². The Morgan fingerprint density at radius 2 is 2.00 bits per heavy atom. The summed E-state index contributed by atoms with van der Waals surface area (Å²) in [4.78, 5) is 39.7. The van der Waals surface area contributed by atoms with E-state index in [1.807, 2.05) is 18.9 Å². The fraction of sp³-hybridized carbons (Fsp3) is 0.476. The molecule has 2 heterocycles. The lowest BCUT2D eigenvalue weighted by atomic mass is 9.77. The number of nitrogens with one attached hydrogen (secondary N) is 1. The Hall–Kier alpha value is -2.42. The summed E-state index contributed by atoms with van der Waals surface area (Å²) < 4.78 is 0. The van der Waals surface area contributed by atoms with Crippen LogP contribution in [0.3, 0.4) is 0 Å². The van der Waals surface area contributed by atoms with E-state index < -0.39 is 18.0 Å². The maximum Gasteiger partial charge on any atom is 0.352 e. The first kappa shape index (κ1) is 22.3. The van der Waals surface area contributed by atoms with Crippen molar-refractivity contribution in [3.63, 3.8) is 0 Å². The topological polar surface area (TPSA) is 110 Å². The molecule has 0 spiro atoms. The largest absolute Gasteiger partial charge is 0.477 e. The summed E-state index contributed by atoms with van der Waals surface area (Å²) in [5.74, 6) is -2.51. The number of carbonyl (C=O) groups excluding carboxylic acids is 2. The second-order valence-electron chi connectivity index (χ2n) is 7.91. The van der Waals surface area contributed by atoms with Crippen LogP contribution in [-0.2, 0) is 9.59 Å². The SMILES string of the molecule is C[C@@H](O)[C@H]1C(=O)N2C(C(=O)O)=C(CN(C)CCNC(=O)c3ccccc3Cl)[C@H](C)[C@H]12. The highest BCUT2D eigenvalue weighted by atomic mass is 35.5. The number of aliphatic carboxylic acids is 1. The maximum atomic E-state index is 12.4. The molecule has 0 aromatic heterocycles. The number of aliphatic hydroxyl groups excluding tert-OH is 1. The third kappa shape index (κ3) is 3.95. The zero-order chi connectivity index (χ0) is 22.2. The number of hydrogen-bond donors (Lipinski definition) is 3. The minimum absolute atomic E-state index is 0.0151. The number of halogens is 1. The molecule has 1 saturated heterocycles. The molecule has 0 saturated carbocycles. The number of nitrogens with zero attached hydrogens (tertiary/aromatic N) is 2. The number of rotatable bonds is 8. The quantitative estimate of drug-likeness (QED) is 0.529. The summed E-state index contributed by atoms with van der Waals surface area (Å²) >= 11 is 6.03. The number of carboxylic acid groups (broad SMARTS) is 1. The molecule has 162 valence electrons. The fourth-order valence-corrected chi connectivity index (χ4v) is 4.55. The highest BCUT2D eigenvalue weighted by Gasteiger charge is 2.59. The zero-order valence-electron chi connectivity index (χ0n) is 17.1. The lowest BCUT2D eigenvalue weighted by Crippen LogP contribution is -2.63. The van der Waals surface area contributed by atoms with Gasteiger partial charge in [-0.15, -0.1) is 0 Å². The third-order valence-electron chi connectivity index (χ3n) is 5.86. The van der Waals surface area contributed by atoms with Gasteiger partial charge < -0.3 is 25.3 Å². The second-order valence-corrected chi connectivity index (χ2v) is 8.31. The van der Waals surface area contributed by atoms with Crippen LogP contribution >= 0.6 is 11.6 Å². The van der Waals surface area contributed by atoms with Crippen molar-refractivity contribution in [2.45, 2.75) is 26.0 Å². The van der Waals surface area contributed by atoms with E-state index in [0.717, 1.165) is 0 Å². The van der Waals surface area contributed by atoms with Crippen LogP contribution in [0.25, 0.3) is 0 Å². The molecular formula is C21H26ClN3O5. The predicted octanol–water partition coefficient (Wildman–Crippen LogP) is 1.20. The normalized spacial score (nSPS) is 24.0. The number of benzene rings is 1. The molecule has 2 aliphatic rings. The highest BCUT2D eigenvalue weighted by molar-refractivity contribution is 6.33. The van der Waals surface area contributed by atoms with Crippen LogP contribution in [0.1, 0.15) is 24.2 Å². The molecule has 8 nitrogen and oxygen atoms in total. The molecule has 2 aliphatic heterocycles. The Kier molecular flexibility index (Phi) is 6.50. The molecule has 2 amide bonds. The summed E-state index contributed by atoms with van der Waals surface area (Å²) in [6.07, 6.45) is -0.826. The van der Waals surface area contributed by atoms with Gasteiger partial charge in [0.05, 0.1) is 28.6 Å². The van der Waals surface area contributed by atoms with Crippen molar-refractivity contribution in [1.29, 1.82) is 0 Å². The van der Waals surface area contributed by atoms with E-state index in [1.54, 1.807) is 31.2 Å². The number of carbonyl (C=O) groups is 3. The highest BCUT2D eigenvalue weighted by Crippen LogP contribution is 2.47. The summed E-state index contributed by atoms with van der Waals surface area (Å²) in [5, 5.41) is 22.8.